The van der Waals surface area contributed by atoms with Crippen LogP contribution in [0, 0.1) is 0 Å². The summed E-state index contributed by atoms with van der Waals surface area (Å²) in [6.07, 6.45) is 0.688. The lowest BCUT2D eigenvalue weighted by Crippen LogP contribution is -2.31. The van der Waals surface area contributed by atoms with Crippen LogP contribution in [0.25, 0.3) is 0 Å². The summed E-state index contributed by atoms with van der Waals surface area (Å²) in [5.74, 6) is 0. The molecule has 0 aromatic heterocycles. The molecule has 0 atom stereocenters. The summed E-state index contributed by atoms with van der Waals surface area (Å²) in [6.45, 7) is 1.51. The second-order valence-electron chi connectivity index (χ2n) is 5.01. The number of halogens is 1. The molecule has 6 nitrogen and oxygen atoms in total. The molecule has 0 bridgehead atoms. The van der Waals surface area contributed by atoms with E-state index in [1.165, 1.54) is 0 Å². The van der Waals surface area contributed by atoms with Crippen LogP contribution in [0.1, 0.15) is 18.4 Å². The Hall–Kier alpha value is -1.28. The summed E-state index contributed by atoms with van der Waals surface area (Å²) < 4.78 is 15.6. The Labute approximate surface area is 127 Å². The van der Waals surface area contributed by atoms with Crippen molar-refractivity contribution >= 4 is 36.0 Å². The third kappa shape index (κ3) is 3.16. The lowest BCUT2D eigenvalue weighted by Gasteiger charge is -2.22. The number of fused-ring (bicyclic) bond motifs is 1. The van der Waals surface area contributed by atoms with E-state index in [0.29, 0.717) is 43.8 Å². The third-order valence-corrected chi connectivity index (χ3v) is 4.00. The molecular weight excluding hydrogens is 296 g/mol. The van der Waals surface area contributed by atoms with Crippen molar-refractivity contribution in [2.45, 2.75) is 25.6 Å². The fraction of sp³-hybridized carbons (Fsp3) is 0.462. The highest BCUT2D eigenvalue weighted by Crippen LogP contribution is 2.25. The van der Waals surface area contributed by atoms with Gasteiger partial charge in [-0.25, -0.2) is 4.79 Å². The number of carbonyl (C=O) groups is 1. The maximum absolute atomic E-state index is 11.9. The number of benzene rings is 1. The van der Waals surface area contributed by atoms with Gasteiger partial charge in [-0.05, 0) is 11.6 Å². The Kier molecular flexibility index (Phi) is 4.35. The Morgan fingerprint density at radius 3 is 2.95 bits per heavy atom. The predicted molar refractivity (Wildman–Crippen MR) is 77.8 cm³/mol. The van der Waals surface area contributed by atoms with Gasteiger partial charge in [0.15, 0.2) is 0 Å². The lowest BCUT2D eigenvalue weighted by atomic mass is 9.79. The standard InChI is InChI=1S/C13H15BClNO5/c15-12-10(2-1-8-7-20-14(18)11(8)12)16-13(17)21-9-3-5-19-6-4-9/h1-2,9,18H,3-7H2,(H,16,17). The molecule has 112 valence electrons. The molecule has 1 fully saturated rings. The van der Waals surface area contributed by atoms with E-state index in [1.54, 1.807) is 12.1 Å². The first kappa shape index (κ1) is 14.7. The number of rotatable bonds is 2. The summed E-state index contributed by atoms with van der Waals surface area (Å²) in [5.41, 5.74) is 1.72. The zero-order valence-corrected chi connectivity index (χ0v) is 12.1. The minimum absolute atomic E-state index is 0.138. The molecule has 1 aromatic rings. The highest BCUT2D eigenvalue weighted by Gasteiger charge is 2.31. The van der Waals surface area contributed by atoms with Crippen LogP contribution in [0.5, 0.6) is 0 Å². The Morgan fingerprint density at radius 1 is 1.43 bits per heavy atom. The molecule has 2 aliphatic rings. The molecule has 0 unspecified atom stereocenters. The Balaban J connectivity index is 1.67. The van der Waals surface area contributed by atoms with E-state index >= 15 is 0 Å². The average Bonchev–Trinajstić information content (AvgIpc) is 2.85. The molecule has 21 heavy (non-hydrogen) atoms. The molecule has 1 aromatic carbocycles. The van der Waals surface area contributed by atoms with Crippen molar-refractivity contribution in [1.82, 2.24) is 0 Å². The van der Waals surface area contributed by atoms with Crippen molar-refractivity contribution in [2.24, 2.45) is 0 Å². The molecule has 2 aliphatic heterocycles. The zero-order valence-electron chi connectivity index (χ0n) is 11.3. The normalized spacial score (nSPS) is 18.5. The van der Waals surface area contributed by atoms with E-state index in [-0.39, 0.29) is 11.1 Å². The van der Waals surface area contributed by atoms with Crippen molar-refractivity contribution in [3.05, 3.63) is 22.7 Å². The molecule has 0 radical (unpaired) electrons. The smallest absolute Gasteiger partial charge is 0.446 e. The minimum Gasteiger partial charge on any atom is -0.446 e. The van der Waals surface area contributed by atoms with Gasteiger partial charge in [0, 0.05) is 18.3 Å². The lowest BCUT2D eigenvalue weighted by molar-refractivity contribution is 0.00592. The van der Waals surface area contributed by atoms with E-state index in [2.05, 4.69) is 5.32 Å². The topological polar surface area (TPSA) is 77.0 Å². The second kappa shape index (κ2) is 6.23. The van der Waals surface area contributed by atoms with Gasteiger partial charge < -0.3 is 19.2 Å². The third-order valence-electron chi connectivity index (χ3n) is 3.59. The van der Waals surface area contributed by atoms with Crippen LogP contribution in [-0.2, 0) is 20.7 Å². The van der Waals surface area contributed by atoms with Gasteiger partial charge in [0.1, 0.15) is 6.10 Å². The number of amides is 1. The van der Waals surface area contributed by atoms with Crippen molar-refractivity contribution in [1.29, 1.82) is 0 Å². The van der Waals surface area contributed by atoms with Crippen LogP contribution in [-0.4, -0.2) is 37.6 Å². The van der Waals surface area contributed by atoms with Gasteiger partial charge in [0.2, 0.25) is 0 Å². The monoisotopic (exact) mass is 311 g/mol. The minimum atomic E-state index is -1.05. The summed E-state index contributed by atoms with van der Waals surface area (Å²) in [7, 11) is -1.05. The first-order valence-corrected chi connectivity index (χ1v) is 7.19. The first-order chi connectivity index (χ1) is 10.1. The molecule has 2 heterocycles. The predicted octanol–water partition coefficient (Wildman–Crippen LogP) is 1.29. The molecule has 2 N–H and O–H groups in total. The number of nitrogens with one attached hydrogen (secondary N) is 1. The maximum atomic E-state index is 11.9. The van der Waals surface area contributed by atoms with Gasteiger partial charge in [0.25, 0.3) is 0 Å². The van der Waals surface area contributed by atoms with Crippen LogP contribution in [0.15, 0.2) is 12.1 Å². The van der Waals surface area contributed by atoms with Gasteiger partial charge >= 0.3 is 13.2 Å². The number of ether oxygens (including phenoxy) is 2. The summed E-state index contributed by atoms with van der Waals surface area (Å²) in [6, 6.07) is 3.44. The van der Waals surface area contributed by atoms with Gasteiger partial charge in [0.05, 0.1) is 30.5 Å². The van der Waals surface area contributed by atoms with Crippen LogP contribution in [0.3, 0.4) is 0 Å². The van der Waals surface area contributed by atoms with Gasteiger partial charge in [-0.15, -0.1) is 0 Å². The average molecular weight is 312 g/mol. The molecule has 1 amide bonds. The first-order valence-electron chi connectivity index (χ1n) is 6.81. The summed E-state index contributed by atoms with van der Waals surface area (Å²) in [5, 5.41) is 12.6. The van der Waals surface area contributed by atoms with Crippen LogP contribution in [0.4, 0.5) is 10.5 Å². The Bertz CT molecular complexity index is 550. The van der Waals surface area contributed by atoms with Crippen LogP contribution >= 0.6 is 11.6 Å². The number of carbonyl (C=O) groups excluding carboxylic acids is 1. The second-order valence-corrected chi connectivity index (χ2v) is 5.38. The molecular formula is C13H15BClNO5. The van der Waals surface area contributed by atoms with E-state index in [9.17, 15) is 9.82 Å². The van der Waals surface area contributed by atoms with Crippen LogP contribution < -0.4 is 10.8 Å². The van der Waals surface area contributed by atoms with Gasteiger partial charge in [-0.3, -0.25) is 5.32 Å². The summed E-state index contributed by atoms with van der Waals surface area (Å²) in [4.78, 5) is 11.9. The molecule has 3 rings (SSSR count). The fourth-order valence-corrected chi connectivity index (χ4v) is 2.78. The Morgan fingerprint density at radius 2 is 2.19 bits per heavy atom. The van der Waals surface area contributed by atoms with E-state index in [1.807, 2.05) is 0 Å². The van der Waals surface area contributed by atoms with Crippen molar-refractivity contribution < 1.29 is 23.9 Å². The molecule has 0 aliphatic carbocycles. The quantitative estimate of drug-likeness (QED) is 0.805. The maximum Gasteiger partial charge on any atom is 0.493 e. The van der Waals surface area contributed by atoms with E-state index < -0.39 is 13.2 Å². The van der Waals surface area contributed by atoms with Gasteiger partial charge in [-0.1, -0.05) is 17.7 Å². The van der Waals surface area contributed by atoms with Crippen molar-refractivity contribution in [2.75, 3.05) is 18.5 Å². The largest absolute Gasteiger partial charge is 0.493 e. The highest BCUT2D eigenvalue weighted by atomic mass is 35.5. The number of hydrogen-bond donors (Lipinski definition) is 2. The SMILES string of the molecule is O=C(Nc1ccc2c(c1Cl)B(O)OC2)OC1CCOCC1. The number of anilines is 1. The summed E-state index contributed by atoms with van der Waals surface area (Å²) >= 11 is 6.21. The zero-order chi connectivity index (χ0) is 14.8. The van der Waals surface area contributed by atoms with E-state index in [0.717, 1.165) is 5.56 Å². The molecule has 8 heteroatoms. The van der Waals surface area contributed by atoms with Gasteiger partial charge in [-0.2, -0.15) is 0 Å². The number of hydrogen-bond acceptors (Lipinski definition) is 5. The molecule has 1 saturated heterocycles. The van der Waals surface area contributed by atoms with Crippen molar-refractivity contribution in [3.63, 3.8) is 0 Å². The molecule has 0 spiro atoms. The molecule has 0 saturated carbocycles. The van der Waals surface area contributed by atoms with Crippen LogP contribution in [0.2, 0.25) is 5.02 Å². The van der Waals surface area contributed by atoms with Crippen molar-refractivity contribution in [3.8, 4) is 0 Å². The van der Waals surface area contributed by atoms with E-state index in [4.69, 9.17) is 25.7 Å². The highest BCUT2D eigenvalue weighted by molar-refractivity contribution is 6.66. The fourth-order valence-electron chi connectivity index (χ4n) is 2.46.